The normalized spacial score (nSPS) is 24.6. The van der Waals surface area contributed by atoms with Crippen LogP contribution in [0.25, 0.3) is 0 Å². The van der Waals surface area contributed by atoms with Crippen LogP contribution in [0.15, 0.2) is 36.4 Å². The molecule has 3 aliphatic rings. The van der Waals surface area contributed by atoms with Crippen molar-refractivity contribution in [1.82, 2.24) is 4.90 Å². The Labute approximate surface area is 180 Å². The molecule has 152 valence electrons. The molecule has 1 spiro atoms. The molecule has 2 aromatic carbocycles. The zero-order valence-electron chi connectivity index (χ0n) is 16.0. The molecule has 0 radical (unpaired) electrons. The number of hydrogen-bond acceptors (Lipinski definition) is 3. The molecule has 1 heterocycles. The summed E-state index contributed by atoms with van der Waals surface area (Å²) in [5.41, 5.74) is 3.99. The van der Waals surface area contributed by atoms with E-state index in [2.05, 4.69) is 17.0 Å². The van der Waals surface area contributed by atoms with Crippen LogP contribution in [0.3, 0.4) is 0 Å². The molecule has 5 rings (SSSR count). The van der Waals surface area contributed by atoms with Gasteiger partial charge in [0.25, 0.3) is 0 Å². The van der Waals surface area contributed by atoms with E-state index in [1.807, 2.05) is 12.1 Å². The lowest BCUT2D eigenvalue weighted by atomic mass is 9.71. The Kier molecular flexibility index (Phi) is 4.77. The fourth-order valence-electron chi connectivity index (χ4n) is 5.10. The van der Waals surface area contributed by atoms with Gasteiger partial charge in [-0.25, -0.2) is 0 Å². The maximum Gasteiger partial charge on any atom is 0.306 e. The number of hydrogen-bond donors (Lipinski definition) is 1. The summed E-state index contributed by atoms with van der Waals surface area (Å²) in [4.78, 5) is 13.5. The van der Waals surface area contributed by atoms with Gasteiger partial charge < -0.3 is 9.84 Å². The first-order valence-corrected chi connectivity index (χ1v) is 10.8. The van der Waals surface area contributed by atoms with Gasteiger partial charge in [0.1, 0.15) is 12.4 Å². The molecule has 1 aliphatic heterocycles. The zero-order valence-corrected chi connectivity index (χ0v) is 17.5. The number of nitrogens with zero attached hydrogens (tertiary/aromatic N) is 1. The van der Waals surface area contributed by atoms with Crippen LogP contribution in [0.2, 0.25) is 10.0 Å². The van der Waals surface area contributed by atoms with Crippen molar-refractivity contribution in [2.75, 3.05) is 13.1 Å². The zero-order chi connectivity index (χ0) is 20.2. The smallest absolute Gasteiger partial charge is 0.306 e. The number of carboxylic acid groups (broad SMARTS) is 1. The lowest BCUT2D eigenvalue weighted by Crippen LogP contribution is -2.63. The van der Waals surface area contributed by atoms with Crippen molar-refractivity contribution in [3.8, 4) is 5.75 Å². The molecule has 1 saturated carbocycles. The number of likely N-dealkylation sites (tertiary alicyclic amines) is 1. The predicted octanol–water partition coefficient (Wildman–Crippen LogP) is 4.84. The minimum Gasteiger partial charge on any atom is -0.489 e. The Morgan fingerprint density at radius 1 is 1.10 bits per heavy atom. The lowest BCUT2D eigenvalue weighted by Gasteiger charge is -2.55. The summed E-state index contributed by atoms with van der Waals surface area (Å²) in [6, 6.07) is 12.3. The molecule has 6 heteroatoms. The van der Waals surface area contributed by atoms with Crippen molar-refractivity contribution < 1.29 is 14.6 Å². The summed E-state index contributed by atoms with van der Waals surface area (Å²) in [7, 11) is 0. The number of fused-ring (bicyclic) bond motifs is 1. The highest BCUT2D eigenvalue weighted by molar-refractivity contribution is 6.33. The molecule has 1 saturated heterocycles. The van der Waals surface area contributed by atoms with E-state index in [9.17, 15) is 4.79 Å². The van der Waals surface area contributed by atoms with E-state index in [1.54, 1.807) is 12.1 Å². The number of benzene rings is 2. The standard InChI is InChI=1S/C23H23Cl2NO3/c24-18-2-4-21(25)17(5-18)11-29-20-3-1-14-9-23(10-16(14)8-20)12-26(13-23)19-6-15(7-19)22(27)28/h1-5,8,15,19H,6-7,9-13H2,(H,27,28). The fraction of sp³-hybridized carbons (Fsp3) is 0.435. The first-order valence-electron chi connectivity index (χ1n) is 10.1. The maximum atomic E-state index is 11.0. The van der Waals surface area contributed by atoms with E-state index in [4.69, 9.17) is 33.0 Å². The van der Waals surface area contributed by atoms with Crippen LogP contribution in [-0.2, 0) is 24.2 Å². The third-order valence-electron chi connectivity index (χ3n) is 6.77. The second-order valence-corrected chi connectivity index (χ2v) is 9.72. The molecular weight excluding hydrogens is 409 g/mol. The third-order valence-corrected chi connectivity index (χ3v) is 7.37. The van der Waals surface area contributed by atoms with Gasteiger partial charge in [-0.05, 0) is 67.1 Å². The third kappa shape index (κ3) is 3.63. The minimum atomic E-state index is -0.642. The Morgan fingerprint density at radius 3 is 2.62 bits per heavy atom. The number of aliphatic carboxylic acids is 1. The van der Waals surface area contributed by atoms with Crippen molar-refractivity contribution in [2.45, 2.75) is 38.3 Å². The summed E-state index contributed by atoms with van der Waals surface area (Å²) >= 11 is 12.3. The molecule has 29 heavy (non-hydrogen) atoms. The van der Waals surface area contributed by atoms with E-state index in [1.165, 1.54) is 11.1 Å². The highest BCUT2D eigenvalue weighted by Crippen LogP contribution is 2.48. The van der Waals surface area contributed by atoms with Crippen LogP contribution in [0, 0.1) is 11.3 Å². The molecule has 4 nitrogen and oxygen atoms in total. The van der Waals surface area contributed by atoms with Gasteiger partial charge in [0.15, 0.2) is 0 Å². The molecule has 2 aliphatic carbocycles. The van der Waals surface area contributed by atoms with E-state index in [-0.39, 0.29) is 5.92 Å². The van der Waals surface area contributed by atoms with Crippen molar-refractivity contribution >= 4 is 29.2 Å². The summed E-state index contributed by atoms with van der Waals surface area (Å²) in [6.45, 7) is 2.55. The summed E-state index contributed by atoms with van der Waals surface area (Å²) in [6.07, 6.45) is 3.79. The first kappa shape index (κ1) is 19.2. The highest BCUT2D eigenvalue weighted by Gasteiger charge is 2.51. The highest BCUT2D eigenvalue weighted by atomic mass is 35.5. The average Bonchev–Trinajstić information content (AvgIpc) is 2.99. The van der Waals surface area contributed by atoms with Crippen LogP contribution < -0.4 is 4.74 Å². The van der Waals surface area contributed by atoms with Gasteiger partial charge in [-0.15, -0.1) is 0 Å². The summed E-state index contributed by atoms with van der Waals surface area (Å²) < 4.78 is 5.98. The molecular formula is C23H23Cl2NO3. The van der Waals surface area contributed by atoms with Gasteiger partial charge in [-0.2, -0.15) is 0 Å². The Balaban J connectivity index is 1.18. The van der Waals surface area contributed by atoms with Gasteiger partial charge in [-0.3, -0.25) is 9.69 Å². The predicted molar refractivity (Wildman–Crippen MR) is 113 cm³/mol. The summed E-state index contributed by atoms with van der Waals surface area (Å²) in [5, 5.41) is 10.4. The van der Waals surface area contributed by atoms with E-state index >= 15 is 0 Å². The maximum absolute atomic E-state index is 11.0. The quantitative estimate of drug-likeness (QED) is 0.735. The van der Waals surface area contributed by atoms with Crippen LogP contribution >= 0.6 is 23.2 Å². The van der Waals surface area contributed by atoms with Gasteiger partial charge in [0, 0.05) is 40.2 Å². The van der Waals surface area contributed by atoms with Gasteiger partial charge in [-0.1, -0.05) is 29.3 Å². The molecule has 0 atom stereocenters. The number of halogens is 2. The van der Waals surface area contributed by atoms with Crippen molar-refractivity contribution in [1.29, 1.82) is 0 Å². The molecule has 0 amide bonds. The number of carbonyl (C=O) groups is 1. The number of rotatable bonds is 5. The van der Waals surface area contributed by atoms with Crippen LogP contribution in [0.5, 0.6) is 5.75 Å². The average molecular weight is 432 g/mol. The monoisotopic (exact) mass is 431 g/mol. The van der Waals surface area contributed by atoms with E-state index in [0.29, 0.717) is 28.1 Å². The van der Waals surface area contributed by atoms with E-state index < -0.39 is 5.97 Å². The number of ether oxygens (including phenoxy) is 1. The van der Waals surface area contributed by atoms with E-state index in [0.717, 1.165) is 50.1 Å². The van der Waals surface area contributed by atoms with Crippen molar-refractivity contribution in [3.05, 3.63) is 63.1 Å². The fourth-order valence-corrected chi connectivity index (χ4v) is 5.47. The molecule has 2 aromatic rings. The molecule has 1 N–H and O–H groups in total. The van der Waals surface area contributed by atoms with Crippen molar-refractivity contribution in [3.63, 3.8) is 0 Å². The largest absolute Gasteiger partial charge is 0.489 e. The number of carboxylic acids is 1. The van der Waals surface area contributed by atoms with Gasteiger partial charge in [0.05, 0.1) is 5.92 Å². The molecule has 0 aromatic heterocycles. The first-order chi connectivity index (χ1) is 13.9. The van der Waals surface area contributed by atoms with Gasteiger partial charge >= 0.3 is 5.97 Å². The Bertz CT molecular complexity index is 965. The minimum absolute atomic E-state index is 0.134. The van der Waals surface area contributed by atoms with Crippen LogP contribution in [0.1, 0.15) is 29.5 Å². The second kappa shape index (κ2) is 7.19. The molecule has 0 bridgehead atoms. The Morgan fingerprint density at radius 2 is 1.86 bits per heavy atom. The lowest BCUT2D eigenvalue weighted by molar-refractivity contribution is -0.150. The van der Waals surface area contributed by atoms with Crippen LogP contribution in [-0.4, -0.2) is 35.1 Å². The second-order valence-electron chi connectivity index (χ2n) is 8.87. The van der Waals surface area contributed by atoms with Crippen molar-refractivity contribution in [2.24, 2.45) is 11.3 Å². The topological polar surface area (TPSA) is 49.8 Å². The van der Waals surface area contributed by atoms with Gasteiger partial charge in [0.2, 0.25) is 0 Å². The molecule has 0 unspecified atom stereocenters. The Hall–Kier alpha value is -1.75. The SMILES string of the molecule is O=C(O)C1CC(N2CC3(Cc4ccc(OCc5cc(Cl)ccc5Cl)cc4C3)C2)C1. The summed E-state index contributed by atoms with van der Waals surface area (Å²) in [5.74, 6) is 0.0812. The molecule has 2 fully saturated rings. The van der Waals surface area contributed by atoms with Crippen LogP contribution in [0.4, 0.5) is 0 Å².